The summed E-state index contributed by atoms with van der Waals surface area (Å²) in [5.41, 5.74) is 6.01. The number of benzene rings is 1. The summed E-state index contributed by atoms with van der Waals surface area (Å²) in [6.07, 6.45) is 1.61. The van der Waals surface area contributed by atoms with Gasteiger partial charge < -0.3 is 20.1 Å². The molecule has 1 aromatic rings. The van der Waals surface area contributed by atoms with Gasteiger partial charge in [0.25, 0.3) is 0 Å². The number of halogens is 2. The van der Waals surface area contributed by atoms with Gasteiger partial charge in [0.1, 0.15) is 6.04 Å². The highest BCUT2D eigenvalue weighted by atomic mass is 19.3. The van der Waals surface area contributed by atoms with Crippen molar-refractivity contribution in [2.24, 2.45) is 11.7 Å². The van der Waals surface area contributed by atoms with Crippen LogP contribution >= 0.6 is 0 Å². The van der Waals surface area contributed by atoms with Crippen LogP contribution in [0.1, 0.15) is 40.4 Å². The Labute approximate surface area is 153 Å². The van der Waals surface area contributed by atoms with Gasteiger partial charge in [-0.15, -0.1) is 0 Å². The third kappa shape index (κ3) is 4.23. The van der Waals surface area contributed by atoms with Gasteiger partial charge in [-0.2, -0.15) is 8.78 Å². The number of carbonyl (C=O) groups excluding carboxylic acids is 2. The summed E-state index contributed by atoms with van der Waals surface area (Å²) in [7, 11) is 0. The second-order valence-corrected chi connectivity index (χ2v) is 6.60. The van der Waals surface area contributed by atoms with Gasteiger partial charge in [-0.3, -0.25) is 9.59 Å². The minimum Gasteiger partial charge on any atom is -0.489 e. The molecule has 0 spiro atoms. The Morgan fingerprint density at radius 2 is 2.12 bits per heavy atom. The molecule has 1 unspecified atom stereocenters. The summed E-state index contributed by atoms with van der Waals surface area (Å²) in [4.78, 5) is 24.8. The Bertz CT molecular complexity index is 752. The van der Waals surface area contributed by atoms with Crippen LogP contribution in [0, 0.1) is 5.92 Å². The standard InChI is InChI=1S/C18H22F2N2O4/c1-10(23)22-8-13(6-14(22)17(21)24)12-4-5-15(26-18(19)20)16(7-12)25-9-11-2-3-11/h4-5,7,11,13-14,18H,2-3,6,8-9H2,1H3,(H2,21,24)/t13?,14-/m1/s1/i9D2. The van der Waals surface area contributed by atoms with Crippen molar-refractivity contribution in [3.8, 4) is 11.5 Å². The Morgan fingerprint density at radius 3 is 2.65 bits per heavy atom. The lowest BCUT2D eigenvalue weighted by atomic mass is 9.96. The van der Waals surface area contributed by atoms with Crippen molar-refractivity contribution in [2.75, 3.05) is 13.1 Å². The topological polar surface area (TPSA) is 81.9 Å². The zero-order chi connectivity index (χ0) is 20.6. The summed E-state index contributed by atoms with van der Waals surface area (Å²) in [5.74, 6) is -1.87. The smallest absolute Gasteiger partial charge is 0.387 e. The normalized spacial score (nSPS) is 24.2. The van der Waals surface area contributed by atoms with Crippen molar-refractivity contribution in [1.82, 2.24) is 4.90 Å². The number of nitrogens with zero attached hydrogens (tertiary/aromatic N) is 1. The highest BCUT2D eigenvalue weighted by molar-refractivity contribution is 5.86. The van der Waals surface area contributed by atoms with Crippen molar-refractivity contribution < 1.29 is 30.6 Å². The first kappa shape index (κ1) is 15.8. The maximum absolute atomic E-state index is 12.7. The number of alkyl halides is 2. The van der Waals surface area contributed by atoms with Crippen molar-refractivity contribution in [1.29, 1.82) is 0 Å². The van der Waals surface area contributed by atoms with E-state index in [0.717, 1.165) is 0 Å². The number of rotatable bonds is 7. The summed E-state index contributed by atoms with van der Waals surface area (Å²) >= 11 is 0. The Morgan fingerprint density at radius 1 is 1.38 bits per heavy atom. The van der Waals surface area contributed by atoms with E-state index >= 15 is 0 Å². The monoisotopic (exact) mass is 370 g/mol. The fourth-order valence-electron chi connectivity index (χ4n) is 3.09. The molecule has 8 heteroatoms. The third-order valence-corrected chi connectivity index (χ3v) is 4.60. The average Bonchev–Trinajstić information content (AvgIpc) is 3.35. The van der Waals surface area contributed by atoms with Gasteiger partial charge >= 0.3 is 6.61 Å². The number of hydrogen-bond donors (Lipinski definition) is 1. The molecule has 2 atom stereocenters. The van der Waals surface area contributed by atoms with Crippen LogP contribution < -0.4 is 15.2 Å². The number of hydrogen-bond acceptors (Lipinski definition) is 4. The number of likely N-dealkylation sites (tertiary alicyclic amines) is 1. The molecule has 0 bridgehead atoms. The Kier molecular flexibility index (Phi) is 4.55. The Balaban J connectivity index is 1.88. The van der Waals surface area contributed by atoms with E-state index in [2.05, 4.69) is 4.74 Å². The largest absolute Gasteiger partial charge is 0.489 e. The van der Waals surface area contributed by atoms with Gasteiger partial charge in [-0.1, -0.05) is 6.07 Å². The minimum atomic E-state index is -3.08. The van der Waals surface area contributed by atoms with Crippen LogP contribution in [0.3, 0.4) is 0 Å². The molecule has 26 heavy (non-hydrogen) atoms. The lowest BCUT2D eigenvalue weighted by Gasteiger charge is -2.20. The fraction of sp³-hybridized carbons (Fsp3) is 0.556. The lowest BCUT2D eigenvalue weighted by Crippen LogP contribution is -2.42. The molecule has 6 nitrogen and oxygen atoms in total. The number of amides is 2. The van der Waals surface area contributed by atoms with Crippen LogP contribution in [0.4, 0.5) is 8.78 Å². The van der Waals surface area contributed by atoms with Crippen molar-refractivity contribution in [2.45, 2.75) is 44.8 Å². The summed E-state index contributed by atoms with van der Waals surface area (Å²) < 4.78 is 51.3. The highest BCUT2D eigenvalue weighted by Gasteiger charge is 2.38. The molecule has 142 valence electrons. The molecule has 1 aliphatic heterocycles. The highest BCUT2D eigenvalue weighted by Crippen LogP contribution is 2.38. The fourth-order valence-corrected chi connectivity index (χ4v) is 3.09. The molecule has 2 N–H and O–H groups in total. The molecule has 1 saturated carbocycles. The Hall–Kier alpha value is -2.38. The molecule has 2 amide bonds. The second-order valence-electron chi connectivity index (χ2n) is 6.60. The first-order chi connectivity index (χ1) is 13.1. The number of nitrogens with two attached hydrogens (primary N) is 1. The lowest BCUT2D eigenvalue weighted by molar-refractivity contribution is -0.135. The number of primary amides is 1. The van der Waals surface area contributed by atoms with E-state index in [-0.39, 0.29) is 35.8 Å². The van der Waals surface area contributed by atoms with E-state index in [9.17, 15) is 18.4 Å². The SMILES string of the molecule is [2H]C([2H])(Oc1cc(C2C[C@H](C(N)=O)N(C(C)=O)C2)ccc1OC(F)F)C1CC1. The van der Waals surface area contributed by atoms with Gasteiger partial charge in [0.05, 0.1) is 9.30 Å². The summed E-state index contributed by atoms with van der Waals surface area (Å²) in [6, 6.07) is 3.52. The van der Waals surface area contributed by atoms with Gasteiger partial charge in [0, 0.05) is 19.4 Å². The predicted octanol–water partition coefficient (Wildman–Crippen LogP) is 2.27. The van der Waals surface area contributed by atoms with Crippen LogP contribution in [-0.4, -0.2) is 42.5 Å². The molecule has 1 aliphatic carbocycles. The first-order valence-corrected chi connectivity index (χ1v) is 8.42. The van der Waals surface area contributed by atoms with Gasteiger partial charge in [-0.25, -0.2) is 0 Å². The summed E-state index contributed by atoms with van der Waals surface area (Å²) in [6.45, 7) is -3.50. The molecule has 0 aromatic heterocycles. The number of carbonyl (C=O) groups is 2. The number of ether oxygens (including phenoxy) is 2. The molecular weight excluding hydrogens is 346 g/mol. The second kappa shape index (κ2) is 7.47. The molecular formula is C18H22F2N2O4. The van der Waals surface area contributed by atoms with Crippen LogP contribution in [-0.2, 0) is 9.59 Å². The molecule has 0 radical (unpaired) electrons. The minimum absolute atomic E-state index is 0.133. The molecule has 1 saturated heterocycles. The van der Waals surface area contributed by atoms with Gasteiger partial charge in [-0.05, 0) is 42.9 Å². The van der Waals surface area contributed by atoms with Crippen LogP contribution in [0.2, 0.25) is 0 Å². The molecule has 2 aliphatic rings. The van der Waals surface area contributed by atoms with Crippen molar-refractivity contribution >= 4 is 11.8 Å². The van der Waals surface area contributed by atoms with Crippen LogP contribution in [0.25, 0.3) is 0 Å². The van der Waals surface area contributed by atoms with E-state index in [1.54, 1.807) is 6.07 Å². The third-order valence-electron chi connectivity index (χ3n) is 4.60. The van der Waals surface area contributed by atoms with Crippen LogP contribution in [0.5, 0.6) is 11.5 Å². The van der Waals surface area contributed by atoms with E-state index < -0.39 is 25.1 Å². The average molecular weight is 370 g/mol. The van der Waals surface area contributed by atoms with Crippen molar-refractivity contribution in [3.63, 3.8) is 0 Å². The maximum atomic E-state index is 12.7. The maximum Gasteiger partial charge on any atom is 0.387 e. The van der Waals surface area contributed by atoms with E-state index in [1.165, 1.54) is 24.0 Å². The molecule has 1 aromatic carbocycles. The molecule has 1 heterocycles. The summed E-state index contributed by atoms with van der Waals surface area (Å²) in [5, 5.41) is 0. The zero-order valence-corrected chi connectivity index (χ0v) is 14.3. The van der Waals surface area contributed by atoms with Crippen LogP contribution in [0.15, 0.2) is 18.2 Å². The van der Waals surface area contributed by atoms with Gasteiger partial charge in [0.2, 0.25) is 11.8 Å². The molecule has 3 rings (SSSR count). The van der Waals surface area contributed by atoms with E-state index in [4.69, 9.17) is 13.2 Å². The van der Waals surface area contributed by atoms with Crippen molar-refractivity contribution in [3.05, 3.63) is 23.8 Å². The van der Waals surface area contributed by atoms with E-state index in [1.807, 2.05) is 0 Å². The predicted molar refractivity (Wildman–Crippen MR) is 89.0 cm³/mol. The first-order valence-electron chi connectivity index (χ1n) is 9.42. The quantitative estimate of drug-likeness (QED) is 0.798. The zero-order valence-electron chi connectivity index (χ0n) is 16.3. The van der Waals surface area contributed by atoms with Gasteiger partial charge in [0.15, 0.2) is 11.5 Å². The molecule has 2 fully saturated rings. The van der Waals surface area contributed by atoms with E-state index in [0.29, 0.717) is 24.8 Å².